The molecule has 43 heavy (non-hydrogen) atoms. The van der Waals surface area contributed by atoms with Crippen LogP contribution < -0.4 is 0 Å². The van der Waals surface area contributed by atoms with Gasteiger partial charge < -0.3 is 24.7 Å². The van der Waals surface area contributed by atoms with Crippen molar-refractivity contribution in [2.24, 2.45) is 0 Å². The molecule has 0 unspecified atom stereocenters. The van der Waals surface area contributed by atoms with E-state index in [1.807, 2.05) is 22.8 Å². The highest BCUT2D eigenvalue weighted by Gasteiger charge is 2.48. The molecule has 0 aromatic rings. The third-order valence-electron chi connectivity index (χ3n) is 7.16. The molecule has 0 atom stereocenters. The summed E-state index contributed by atoms with van der Waals surface area (Å²) in [7, 11) is -17.3. The molecule has 0 fully saturated rings. The molecule has 0 aliphatic heterocycles. The van der Waals surface area contributed by atoms with Crippen molar-refractivity contribution in [3.05, 3.63) is 49.1 Å². The van der Waals surface area contributed by atoms with Crippen molar-refractivity contribution in [2.75, 3.05) is 0 Å². The minimum absolute atomic E-state index is 0.896. The summed E-state index contributed by atoms with van der Waals surface area (Å²) in [5, 5.41) is 0. The number of rotatable bonds is 22. The molecule has 0 heterocycles. The summed E-state index contributed by atoms with van der Waals surface area (Å²) in [5.41, 5.74) is 8.01. The zero-order valence-corrected chi connectivity index (χ0v) is 41.5. The van der Waals surface area contributed by atoms with E-state index in [9.17, 15) is 0 Å². The van der Waals surface area contributed by atoms with Crippen LogP contribution in [0.15, 0.2) is 49.1 Å². The van der Waals surface area contributed by atoms with Gasteiger partial charge in [0.2, 0.25) is 0 Å². The molecule has 0 saturated heterocycles. The number of hydrogen-bond acceptors (Lipinski definition) is 6. The van der Waals surface area contributed by atoms with Crippen LogP contribution in [-0.4, -0.2) is 73.1 Å². The Hall–Kier alpha value is 1.40. The summed E-state index contributed by atoms with van der Waals surface area (Å²) in [5.74, 6) is 0. The molecule has 0 aromatic heterocycles. The predicted molar refractivity (Wildman–Crippen MR) is 220 cm³/mol. The fourth-order valence-electron chi connectivity index (χ4n) is 4.80. The van der Waals surface area contributed by atoms with Crippen molar-refractivity contribution in [1.29, 1.82) is 0 Å². The molecule has 0 radical (unpaired) electrons. The SMILES string of the molecule is C=C[Si](C)(C)O[Si](C)(CC[Si](C)(C)O[Si](C)(I)O[Si](C)(C)CC[Si](C)(O[Si](C)(C)C=C)O[Si](C)(C)C=C)O[Si](C)(C)C=C. The molecule has 0 bridgehead atoms. The lowest BCUT2D eigenvalue weighted by Gasteiger charge is -2.42. The molecular formula is C27H65IO6Si9. The van der Waals surface area contributed by atoms with E-state index in [1.165, 1.54) is 0 Å². The van der Waals surface area contributed by atoms with Gasteiger partial charge in [-0.3, -0.25) is 0 Å². The Bertz CT molecular complexity index is 853. The van der Waals surface area contributed by atoms with Crippen LogP contribution in [0.4, 0.5) is 0 Å². The highest BCUT2D eigenvalue weighted by atomic mass is 127. The normalized spacial score (nSPS) is 14.9. The summed E-state index contributed by atoms with van der Waals surface area (Å²) in [6.45, 7) is 49.6. The lowest BCUT2D eigenvalue weighted by atomic mass is 10.9. The zero-order valence-electron chi connectivity index (χ0n) is 30.3. The molecule has 0 saturated carbocycles. The molecule has 0 aliphatic carbocycles. The second-order valence-electron chi connectivity index (χ2n) is 15.5. The first-order valence-electron chi connectivity index (χ1n) is 15.3. The van der Waals surface area contributed by atoms with Crippen LogP contribution in [-0.2, 0) is 24.7 Å². The Labute approximate surface area is 288 Å². The van der Waals surface area contributed by atoms with Gasteiger partial charge in [-0.05, 0) is 122 Å². The van der Waals surface area contributed by atoms with E-state index in [0.29, 0.717) is 0 Å². The van der Waals surface area contributed by atoms with Gasteiger partial charge in [0.1, 0.15) is 0 Å². The molecule has 6 nitrogen and oxygen atoms in total. The summed E-state index contributed by atoms with van der Waals surface area (Å²) >= 11 is 2.50. The topological polar surface area (TPSA) is 55.4 Å². The Balaban J connectivity index is 5.74. The van der Waals surface area contributed by atoms with Crippen LogP contribution in [0.25, 0.3) is 0 Å². The zero-order chi connectivity index (χ0) is 34.4. The van der Waals surface area contributed by atoms with E-state index in [-0.39, 0.29) is 0 Å². The fourth-order valence-corrected chi connectivity index (χ4v) is 55.1. The molecule has 0 amide bonds. The lowest BCUT2D eigenvalue weighted by molar-refractivity contribution is 0.383. The van der Waals surface area contributed by atoms with E-state index in [0.717, 1.165) is 24.2 Å². The van der Waals surface area contributed by atoms with Crippen LogP contribution >= 0.6 is 21.8 Å². The quantitative estimate of drug-likeness (QED) is 0.0614. The summed E-state index contributed by atoms with van der Waals surface area (Å²) < 4.78 is 41.3. The van der Waals surface area contributed by atoms with Crippen LogP contribution in [0.1, 0.15) is 0 Å². The molecule has 252 valence electrons. The lowest BCUT2D eigenvalue weighted by Crippen LogP contribution is -2.56. The van der Waals surface area contributed by atoms with Gasteiger partial charge in [0.25, 0.3) is 0 Å². The van der Waals surface area contributed by atoms with Crippen molar-refractivity contribution in [3.63, 3.8) is 0 Å². The molecule has 0 N–H and O–H groups in total. The summed E-state index contributed by atoms with van der Waals surface area (Å²) in [4.78, 5) is 0. The maximum Gasteiger partial charge on any atom is 0.384 e. The van der Waals surface area contributed by atoms with Crippen LogP contribution in [0.3, 0.4) is 0 Å². The van der Waals surface area contributed by atoms with Crippen LogP contribution in [0.5, 0.6) is 0 Å². The predicted octanol–water partition coefficient (Wildman–Crippen LogP) is 10.4. The van der Waals surface area contributed by atoms with Crippen LogP contribution in [0.2, 0.25) is 122 Å². The van der Waals surface area contributed by atoms with Gasteiger partial charge in [0.15, 0.2) is 49.9 Å². The largest absolute Gasteiger partial charge is 0.433 e. The van der Waals surface area contributed by atoms with Crippen molar-refractivity contribution >= 4 is 94.9 Å². The van der Waals surface area contributed by atoms with E-state index >= 15 is 0 Å². The first kappa shape index (κ1) is 44.4. The molecule has 0 aromatic carbocycles. The summed E-state index contributed by atoms with van der Waals surface area (Å²) in [6, 6.07) is 1.27. The van der Waals surface area contributed by atoms with Gasteiger partial charge in [-0.1, -0.05) is 44.6 Å². The first-order chi connectivity index (χ1) is 18.9. The Morgan fingerprint density at radius 3 is 0.791 bits per heavy atom. The Morgan fingerprint density at radius 2 is 0.605 bits per heavy atom. The fraction of sp³-hybridized carbons (Fsp3) is 0.704. The van der Waals surface area contributed by atoms with Gasteiger partial charge in [-0.25, -0.2) is 0 Å². The van der Waals surface area contributed by atoms with E-state index in [1.54, 1.807) is 0 Å². The maximum atomic E-state index is 7.00. The number of hydrogen-bond donors (Lipinski definition) is 0. The molecule has 0 spiro atoms. The Morgan fingerprint density at radius 1 is 0.395 bits per heavy atom. The van der Waals surface area contributed by atoms with Gasteiger partial charge in [-0.15, -0.1) is 26.3 Å². The standard InChI is InChI=1S/C27H65IO6Si9/c1-20-35(5,6)29-41(17,30-36(7,8)21-2)26-24-39(13,14)33-43(19,28)34-40(15,16)25-27-42(18,31-37(9,10)22-3)32-38(11,12)23-4/h20-23H,1-4,24-27H2,5-19H3. The Kier molecular flexibility index (Phi) is 16.7. The van der Waals surface area contributed by atoms with E-state index in [4.69, 9.17) is 24.7 Å². The summed E-state index contributed by atoms with van der Waals surface area (Å²) in [6.07, 6.45) is 0. The minimum atomic E-state index is -2.49. The smallest absolute Gasteiger partial charge is 0.384 e. The third kappa shape index (κ3) is 18.5. The van der Waals surface area contributed by atoms with Crippen molar-refractivity contribution in [1.82, 2.24) is 0 Å². The molecule has 0 aliphatic rings. The first-order valence-corrected chi connectivity index (χ1v) is 44.0. The van der Waals surface area contributed by atoms with Crippen molar-refractivity contribution < 1.29 is 24.7 Å². The highest BCUT2D eigenvalue weighted by molar-refractivity contribution is 14.1. The van der Waals surface area contributed by atoms with Crippen molar-refractivity contribution in [2.45, 2.75) is 122 Å². The van der Waals surface area contributed by atoms with E-state index < -0.39 is 73.1 Å². The van der Waals surface area contributed by atoms with Crippen molar-refractivity contribution in [3.8, 4) is 0 Å². The van der Waals surface area contributed by atoms with Gasteiger partial charge >= 0.3 is 23.2 Å². The second-order valence-corrected chi connectivity index (χ2v) is 55.9. The van der Waals surface area contributed by atoms with Gasteiger partial charge in [0.05, 0.1) is 0 Å². The molecule has 0 rings (SSSR count). The van der Waals surface area contributed by atoms with E-state index in [2.05, 4.69) is 146 Å². The second kappa shape index (κ2) is 16.2. The minimum Gasteiger partial charge on any atom is -0.433 e. The monoisotopic (exact) mass is 864 g/mol. The molecular weight excluding hydrogens is 800 g/mol. The number of halogens is 1. The van der Waals surface area contributed by atoms with Crippen LogP contribution in [0, 0.1) is 0 Å². The van der Waals surface area contributed by atoms with Gasteiger partial charge in [0, 0.05) is 0 Å². The third-order valence-corrected chi connectivity index (χ3v) is 43.9. The average molecular weight is 865 g/mol. The maximum absolute atomic E-state index is 7.00. The molecule has 16 heteroatoms. The average Bonchev–Trinajstić information content (AvgIpc) is 2.79. The highest BCUT2D eigenvalue weighted by Crippen LogP contribution is 2.35. The van der Waals surface area contributed by atoms with Gasteiger partial charge in [-0.2, -0.15) is 0 Å².